The van der Waals surface area contributed by atoms with Crippen LogP contribution in [0.25, 0.3) is 0 Å². The van der Waals surface area contributed by atoms with E-state index in [-0.39, 0.29) is 23.8 Å². The van der Waals surface area contributed by atoms with E-state index in [1.54, 1.807) is 0 Å². The van der Waals surface area contributed by atoms with E-state index in [0.29, 0.717) is 12.8 Å². The highest BCUT2D eigenvalue weighted by molar-refractivity contribution is 5.94. The number of nitrogens with one attached hydrogen (secondary N) is 2. The fourth-order valence-corrected chi connectivity index (χ4v) is 3.23. The van der Waals surface area contributed by atoms with E-state index < -0.39 is 5.41 Å². The molecule has 2 fully saturated rings. The number of rotatable bonds is 5. The van der Waals surface area contributed by atoms with Crippen LogP contribution in [0.5, 0.6) is 0 Å². The molecule has 3 rings (SSSR count). The van der Waals surface area contributed by atoms with Crippen molar-refractivity contribution in [1.29, 1.82) is 5.26 Å². The number of nitriles is 1. The molecule has 0 bridgehead atoms. The van der Waals surface area contributed by atoms with E-state index in [9.17, 15) is 14.9 Å². The van der Waals surface area contributed by atoms with Crippen molar-refractivity contribution in [1.82, 2.24) is 5.32 Å². The molecule has 2 aliphatic carbocycles. The summed E-state index contributed by atoms with van der Waals surface area (Å²) in [4.78, 5) is 24.2. The third-order valence-corrected chi connectivity index (χ3v) is 5.08. The number of anilines is 1. The molecule has 1 aromatic rings. The zero-order valence-electron chi connectivity index (χ0n) is 14.0. The van der Waals surface area contributed by atoms with Crippen molar-refractivity contribution < 1.29 is 9.59 Å². The molecule has 2 N–H and O–H groups in total. The molecule has 0 saturated heterocycles. The Bertz CT molecular complexity index is 665. The van der Waals surface area contributed by atoms with Crippen molar-refractivity contribution in [3.05, 3.63) is 29.8 Å². The van der Waals surface area contributed by atoms with Crippen LogP contribution in [0, 0.1) is 22.7 Å². The lowest BCUT2D eigenvalue weighted by atomic mass is 9.86. The first-order chi connectivity index (χ1) is 11.5. The van der Waals surface area contributed by atoms with Crippen molar-refractivity contribution in [2.24, 2.45) is 11.3 Å². The van der Waals surface area contributed by atoms with Crippen molar-refractivity contribution in [2.75, 3.05) is 5.32 Å². The summed E-state index contributed by atoms with van der Waals surface area (Å²) >= 11 is 0. The Hall–Kier alpha value is -2.35. The van der Waals surface area contributed by atoms with Gasteiger partial charge in [0, 0.05) is 11.6 Å². The maximum Gasteiger partial charge on any atom is 0.240 e. The fourth-order valence-electron chi connectivity index (χ4n) is 3.23. The van der Waals surface area contributed by atoms with Crippen molar-refractivity contribution in [3.63, 3.8) is 0 Å². The maximum atomic E-state index is 12.5. The number of carbonyl (C=O) groups excluding carboxylic acids is 2. The van der Waals surface area contributed by atoms with Gasteiger partial charge in [-0.1, -0.05) is 25.0 Å². The van der Waals surface area contributed by atoms with Gasteiger partial charge in [-0.2, -0.15) is 5.26 Å². The average Bonchev–Trinajstić information content (AvgIpc) is 3.33. The van der Waals surface area contributed by atoms with E-state index in [4.69, 9.17) is 0 Å². The molecule has 1 unspecified atom stereocenters. The summed E-state index contributed by atoms with van der Waals surface area (Å²) < 4.78 is 0. The highest BCUT2D eigenvalue weighted by atomic mass is 16.2. The molecular formula is C19H23N3O2. The number of amides is 2. The largest absolute Gasteiger partial charge is 0.348 e. The van der Waals surface area contributed by atoms with Crippen LogP contribution in [-0.2, 0) is 9.59 Å². The SMILES string of the molecule is CC(NC(=O)C1(C#N)CCCC1)c1ccc(NC(=O)C2CC2)cc1. The fraction of sp³-hybridized carbons (Fsp3) is 0.526. The molecule has 0 aromatic heterocycles. The van der Waals surface area contributed by atoms with Gasteiger partial charge in [-0.25, -0.2) is 0 Å². The smallest absolute Gasteiger partial charge is 0.240 e. The lowest BCUT2D eigenvalue weighted by molar-refractivity contribution is -0.128. The van der Waals surface area contributed by atoms with Gasteiger partial charge in [-0.05, 0) is 50.3 Å². The summed E-state index contributed by atoms with van der Waals surface area (Å²) in [6.07, 6.45) is 5.12. The zero-order valence-corrected chi connectivity index (χ0v) is 14.0. The van der Waals surface area contributed by atoms with Gasteiger partial charge in [-0.15, -0.1) is 0 Å². The number of hydrogen-bond donors (Lipinski definition) is 2. The highest BCUT2D eigenvalue weighted by Crippen LogP contribution is 2.38. The van der Waals surface area contributed by atoms with Crippen LogP contribution in [0.2, 0.25) is 0 Å². The second kappa shape index (κ2) is 6.64. The first-order valence-corrected chi connectivity index (χ1v) is 8.67. The van der Waals surface area contributed by atoms with E-state index in [1.165, 1.54) is 0 Å². The van der Waals surface area contributed by atoms with Crippen LogP contribution in [-0.4, -0.2) is 11.8 Å². The topological polar surface area (TPSA) is 82.0 Å². The third kappa shape index (κ3) is 3.43. The summed E-state index contributed by atoms with van der Waals surface area (Å²) in [6.45, 7) is 1.91. The molecule has 5 heteroatoms. The molecule has 24 heavy (non-hydrogen) atoms. The normalized spacial score (nSPS) is 20.0. The monoisotopic (exact) mass is 325 g/mol. The van der Waals surface area contributed by atoms with E-state index in [0.717, 1.165) is 36.9 Å². The van der Waals surface area contributed by atoms with Crippen molar-refractivity contribution in [3.8, 4) is 6.07 Å². The molecule has 5 nitrogen and oxygen atoms in total. The van der Waals surface area contributed by atoms with Gasteiger partial charge in [0.1, 0.15) is 5.41 Å². The average molecular weight is 325 g/mol. The molecule has 0 heterocycles. The Morgan fingerprint density at radius 1 is 1.21 bits per heavy atom. The van der Waals surface area contributed by atoms with Gasteiger partial charge in [0.2, 0.25) is 11.8 Å². The lowest BCUT2D eigenvalue weighted by Gasteiger charge is -2.23. The first-order valence-electron chi connectivity index (χ1n) is 8.67. The molecular weight excluding hydrogens is 302 g/mol. The summed E-state index contributed by atoms with van der Waals surface area (Å²) in [5.41, 5.74) is 0.879. The van der Waals surface area contributed by atoms with Gasteiger partial charge < -0.3 is 10.6 Å². The van der Waals surface area contributed by atoms with Gasteiger partial charge in [0.25, 0.3) is 0 Å². The van der Waals surface area contributed by atoms with Crippen LogP contribution in [0.4, 0.5) is 5.69 Å². The van der Waals surface area contributed by atoms with Crippen LogP contribution < -0.4 is 10.6 Å². The van der Waals surface area contributed by atoms with E-state index in [2.05, 4.69) is 16.7 Å². The Morgan fingerprint density at radius 3 is 2.38 bits per heavy atom. The predicted molar refractivity (Wildman–Crippen MR) is 90.9 cm³/mol. The molecule has 1 atom stereocenters. The molecule has 2 saturated carbocycles. The maximum absolute atomic E-state index is 12.5. The minimum absolute atomic E-state index is 0.0845. The Morgan fingerprint density at radius 2 is 1.83 bits per heavy atom. The number of benzene rings is 1. The summed E-state index contributed by atoms with van der Waals surface area (Å²) in [5.74, 6) is 0.0962. The Balaban J connectivity index is 1.60. The molecule has 126 valence electrons. The van der Waals surface area contributed by atoms with Gasteiger partial charge in [0.05, 0.1) is 12.1 Å². The minimum atomic E-state index is -0.855. The van der Waals surface area contributed by atoms with Gasteiger partial charge in [-0.3, -0.25) is 9.59 Å². The summed E-state index contributed by atoms with van der Waals surface area (Å²) in [5, 5.41) is 15.3. The molecule has 0 aliphatic heterocycles. The predicted octanol–water partition coefficient (Wildman–Crippen LogP) is 3.30. The highest BCUT2D eigenvalue weighted by Gasteiger charge is 2.41. The quantitative estimate of drug-likeness (QED) is 0.871. The molecule has 0 spiro atoms. The van der Waals surface area contributed by atoms with Gasteiger partial charge >= 0.3 is 0 Å². The summed E-state index contributed by atoms with van der Waals surface area (Å²) in [7, 11) is 0. The summed E-state index contributed by atoms with van der Waals surface area (Å²) in [6, 6.07) is 9.57. The standard InChI is InChI=1S/C19H23N3O2/c1-13(21-18(24)19(12-20)10-2-3-11-19)14-6-8-16(9-7-14)22-17(23)15-4-5-15/h6-9,13,15H,2-5,10-11H2,1H3,(H,21,24)(H,22,23). The molecule has 2 aliphatic rings. The van der Waals surface area contributed by atoms with Crippen LogP contribution in [0.15, 0.2) is 24.3 Å². The van der Waals surface area contributed by atoms with Crippen molar-refractivity contribution in [2.45, 2.75) is 51.5 Å². The number of hydrogen-bond acceptors (Lipinski definition) is 3. The minimum Gasteiger partial charge on any atom is -0.348 e. The lowest BCUT2D eigenvalue weighted by Crippen LogP contribution is -2.39. The Labute approximate surface area is 142 Å². The second-order valence-corrected chi connectivity index (χ2v) is 6.98. The van der Waals surface area contributed by atoms with E-state index >= 15 is 0 Å². The molecule has 1 aromatic carbocycles. The third-order valence-electron chi connectivity index (χ3n) is 5.08. The van der Waals surface area contributed by atoms with Crippen LogP contribution in [0.3, 0.4) is 0 Å². The number of carbonyl (C=O) groups is 2. The first kappa shape index (κ1) is 16.5. The van der Waals surface area contributed by atoms with Crippen LogP contribution in [0.1, 0.15) is 57.1 Å². The van der Waals surface area contributed by atoms with E-state index in [1.807, 2.05) is 31.2 Å². The molecule has 0 radical (unpaired) electrons. The van der Waals surface area contributed by atoms with Crippen LogP contribution >= 0.6 is 0 Å². The second-order valence-electron chi connectivity index (χ2n) is 6.98. The molecule has 2 amide bonds. The zero-order chi connectivity index (χ0) is 17.2. The Kier molecular flexibility index (Phi) is 4.57. The van der Waals surface area contributed by atoms with Crippen molar-refractivity contribution >= 4 is 17.5 Å². The number of nitrogens with zero attached hydrogens (tertiary/aromatic N) is 1. The van der Waals surface area contributed by atoms with Gasteiger partial charge in [0.15, 0.2) is 0 Å².